The molecule has 0 saturated heterocycles. The number of benzene rings is 1. The Balaban J connectivity index is 1.71. The minimum atomic E-state index is -3.36. The molecule has 0 amide bonds. The maximum Gasteiger partial charge on any atom is 0.243 e. The molecule has 4 nitrogen and oxygen atoms in total. The Morgan fingerprint density at radius 1 is 1.24 bits per heavy atom. The van der Waals surface area contributed by atoms with Crippen LogP contribution in [0.3, 0.4) is 0 Å². The predicted octanol–water partition coefficient (Wildman–Crippen LogP) is 2.28. The molecule has 1 aromatic rings. The Hall–Kier alpha value is -1.17. The number of nitrogens with one attached hydrogen (secondary N) is 1. The molecule has 1 fully saturated rings. The molecule has 0 atom stereocenters. The second-order valence-corrected chi connectivity index (χ2v) is 7.91. The lowest BCUT2D eigenvalue weighted by Crippen LogP contribution is -2.35. The molecule has 1 N–H and O–H groups in total. The van der Waals surface area contributed by atoms with E-state index in [1.165, 1.54) is 12.8 Å². The van der Waals surface area contributed by atoms with Crippen LogP contribution in [-0.2, 0) is 16.6 Å². The lowest BCUT2D eigenvalue weighted by atomic mass is 10.2. The van der Waals surface area contributed by atoms with E-state index in [-0.39, 0.29) is 0 Å². The Bertz CT molecular complexity index is 631. The molecule has 0 unspecified atom stereocenters. The quantitative estimate of drug-likeness (QED) is 0.849. The van der Waals surface area contributed by atoms with E-state index in [0.717, 1.165) is 24.1 Å². The fourth-order valence-electron chi connectivity index (χ4n) is 2.56. The monoisotopic (exact) mass is 306 g/mol. The second kappa shape index (κ2) is 5.91. The van der Waals surface area contributed by atoms with Crippen molar-refractivity contribution in [2.45, 2.75) is 43.7 Å². The number of sulfonamides is 1. The number of hydrogen-bond acceptors (Lipinski definition) is 3. The molecule has 1 aliphatic carbocycles. The average molecular weight is 306 g/mol. The van der Waals surface area contributed by atoms with Crippen molar-refractivity contribution in [2.75, 3.05) is 13.1 Å². The van der Waals surface area contributed by atoms with Crippen molar-refractivity contribution in [3.05, 3.63) is 41.5 Å². The minimum absolute atomic E-state index is 0.396. The predicted molar refractivity (Wildman–Crippen MR) is 83.4 cm³/mol. The van der Waals surface area contributed by atoms with Gasteiger partial charge in [0.25, 0.3) is 0 Å². The summed E-state index contributed by atoms with van der Waals surface area (Å²) in [7, 11) is -3.36. The molecule has 2 aliphatic rings. The first-order chi connectivity index (χ1) is 10.1. The third kappa shape index (κ3) is 3.54. The van der Waals surface area contributed by atoms with Crippen LogP contribution in [0.15, 0.2) is 40.8 Å². The summed E-state index contributed by atoms with van der Waals surface area (Å²) in [6.45, 7) is 3.88. The fourth-order valence-corrected chi connectivity index (χ4v) is 4.06. The van der Waals surface area contributed by atoms with E-state index in [4.69, 9.17) is 0 Å². The van der Waals surface area contributed by atoms with Gasteiger partial charge >= 0.3 is 0 Å². The van der Waals surface area contributed by atoms with Gasteiger partial charge in [0, 0.05) is 25.7 Å². The molecule has 21 heavy (non-hydrogen) atoms. The van der Waals surface area contributed by atoms with Gasteiger partial charge in [0.15, 0.2) is 0 Å². The van der Waals surface area contributed by atoms with Crippen molar-refractivity contribution in [1.82, 2.24) is 9.62 Å². The van der Waals surface area contributed by atoms with E-state index < -0.39 is 10.0 Å². The molecular formula is C16H22N2O2S. The van der Waals surface area contributed by atoms with E-state index >= 15 is 0 Å². The molecule has 1 aliphatic heterocycles. The third-order valence-corrected chi connectivity index (χ3v) is 5.89. The van der Waals surface area contributed by atoms with E-state index in [1.807, 2.05) is 19.1 Å². The van der Waals surface area contributed by atoms with E-state index in [2.05, 4.69) is 11.4 Å². The first-order valence-corrected chi connectivity index (χ1v) is 8.98. The lowest BCUT2D eigenvalue weighted by molar-refractivity contribution is 0.428. The molecule has 1 heterocycles. The highest BCUT2D eigenvalue weighted by Crippen LogP contribution is 2.22. The van der Waals surface area contributed by atoms with Gasteiger partial charge < -0.3 is 5.32 Å². The van der Waals surface area contributed by atoms with Crippen LogP contribution in [0.4, 0.5) is 0 Å². The summed E-state index contributed by atoms with van der Waals surface area (Å²) in [6, 6.07) is 7.94. The summed E-state index contributed by atoms with van der Waals surface area (Å²) < 4.78 is 26.8. The summed E-state index contributed by atoms with van der Waals surface area (Å²) in [5.41, 5.74) is 2.26. The van der Waals surface area contributed by atoms with Crippen LogP contribution < -0.4 is 5.32 Å². The van der Waals surface area contributed by atoms with Gasteiger partial charge in [0.2, 0.25) is 10.0 Å². The van der Waals surface area contributed by atoms with Crippen LogP contribution in [0, 0.1) is 0 Å². The van der Waals surface area contributed by atoms with Gasteiger partial charge in [0.1, 0.15) is 0 Å². The van der Waals surface area contributed by atoms with Gasteiger partial charge in [-0.25, -0.2) is 8.42 Å². The molecule has 114 valence electrons. The maximum atomic E-state index is 12.6. The molecule has 0 radical (unpaired) electrons. The maximum absolute atomic E-state index is 12.6. The van der Waals surface area contributed by atoms with Crippen molar-refractivity contribution in [3.63, 3.8) is 0 Å². The molecular weight excluding hydrogens is 284 g/mol. The van der Waals surface area contributed by atoms with Crippen molar-refractivity contribution in [3.8, 4) is 0 Å². The zero-order chi connectivity index (χ0) is 14.9. The first kappa shape index (κ1) is 14.8. The van der Waals surface area contributed by atoms with Gasteiger partial charge in [-0.3, -0.25) is 0 Å². The summed E-state index contributed by atoms with van der Waals surface area (Å²) >= 11 is 0. The Morgan fingerprint density at radius 3 is 2.57 bits per heavy atom. The highest BCUT2D eigenvalue weighted by atomic mass is 32.2. The molecule has 0 aromatic heterocycles. The second-order valence-electron chi connectivity index (χ2n) is 5.98. The molecule has 1 aromatic carbocycles. The molecule has 0 bridgehead atoms. The van der Waals surface area contributed by atoms with E-state index in [9.17, 15) is 8.42 Å². The van der Waals surface area contributed by atoms with Crippen LogP contribution in [0.1, 0.15) is 31.7 Å². The van der Waals surface area contributed by atoms with E-state index in [0.29, 0.717) is 24.0 Å². The van der Waals surface area contributed by atoms with Crippen molar-refractivity contribution < 1.29 is 8.42 Å². The zero-order valence-electron chi connectivity index (χ0n) is 12.4. The molecule has 0 spiro atoms. The van der Waals surface area contributed by atoms with Gasteiger partial charge in [-0.15, -0.1) is 0 Å². The summed E-state index contributed by atoms with van der Waals surface area (Å²) in [6.07, 6.45) is 5.43. The van der Waals surface area contributed by atoms with Gasteiger partial charge in [-0.05, 0) is 43.9 Å². The van der Waals surface area contributed by atoms with Crippen LogP contribution >= 0.6 is 0 Å². The normalized spacial score (nSPS) is 20.3. The average Bonchev–Trinajstić information content (AvgIpc) is 3.30. The van der Waals surface area contributed by atoms with Gasteiger partial charge in [0.05, 0.1) is 4.90 Å². The zero-order valence-corrected chi connectivity index (χ0v) is 13.2. The molecule has 3 rings (SSSR count). The number of nitrogens with zero attached hydrogens (tertiary/aromatic N) is 1. The lowest BCUT2D eigenvalue weighted by Gasteiger charge is -2.25. The largest absolute Gasteiger partial charge is 0.310 e. The standard InChI is InChI=1S/C16H22N2O2S/c1-13-3-2-10-18(12-13)21(19,20)16-8-4-14(5-9-16)11-17-15-6-7-15/h3-5,8-9,15,17H,2,6-7,10-12H2,1H3. The first-order valence-electron chi connectivity index (χ1n) is 7.54. The Morgan fingerprint density at radius 2 is 1.95 bits per heavy atom. The SMILES string of the molecule is CC1=CCCN(S(=O)(=O)c2ccc(CNC3CC3)cc2)C1. The van der Waals surface area contributed by atoms with Crippen molar-refractivity contribution in [2.24, 2.45) is 0 Å². The number of hydrogen-bond donors (Lipinski definition) is 1. The number of rotatable bonds is 5. The Labute approximate surface area is 126 Å². The summed E-state index contributed by atoms with van der Waals surface area (Å²) in [5.74, 6) is 0. The summed E-state index contributed by atoms with van der Waals surface area (Å²) in [5, 5.41) is 3.43. The third-order valence-electron chi connectivity index (χ3n) is 4.03. The van der Waals surface area contributed by atoms with Crippen molar-refractivity contribution >= 4 is 10.0 Å². The molecule has 1 saturated carbocycles. The van der Waals surface area contributed by atoms with Crippen molar-refractivity contribution in [1.29, 1.82) is 0 Å². The minimum Gasteiger partial charge on any atom is -0.310 e. The molecule has 5 heteroatoms. The topological polar surface area (TPSA) is 49.4 Å². The Kier molecular flexibility index (Phi) is 4.15. The van der Waals surface area contributed by atoms with Crippen LogP contribution in [0.2, 0.25) is 0 Å². The van der Waals surface area contributed by atoms with Crippen LogP contribution in [0.5, 0.6) is 0 Å². The van der Waals surface area contributed by atoms with Gasteiger partial charge in [-0.2, -0.15) is 4.31 Å². The summed E-state index contributed by atoms with van der Waals surface area (Å²) in [4.78, 5) is 0.396. The van der Waals surface area contributed by atoms with Gasteiger partial charge in [-0.1, -0.05) is 23.8 Å². The van der Waals surface area contributed by atoms with Crippen LogP contribution in [-0.4, -0.2) is 31.9 Å². The highest BCUT2D eigenvalue weighted by Gasteiger charge is 2.26. The highest BCUT2D eigenvalue weighted by molar-refractivity contribution is 7.89. The fraction of sp³-hybridized carbons (Fsp3) is 0.500. The van der Waals surface area contributed by atoms with Crippen LogP contribution in [0.25, 0.3) is 0 Å². The smallest absolute Gasteiger partial charge is 0.243 e. The van der Waals surface area contributed by atoms with E-state index in [1.54, 1.807) is 16.4 Å².